The second-order valence-corrected chi connectivity index (χ2v) is 12.6. The zero-order chi connectivity index (χ0) is 17.3. The first kappa shape index (κ1) is 17.5. The third-order valence-electron chi connectivity index (χ3n) is 5.03. The minimum atomic E-state index is -0.422. The van der Waals surface area contributed by atoms with Crippen molar-refractivity contribution < 1.29 is 0 Å². The molecule has 0 bridgehead atoms. The fourth-order valence-electron chi connectivity index (χ4n) is 3.99. The Morgan fingerprint density at radius 2 is 1.08 bits per heavy atom. The lowest BCUT2D eigenvalue weighted by Crippen LogP contribution is -2.39. The topological polar surface area (TPSA) is 0 Å². The second kappa shape index (κ2) is 6.99. The van der Waals surface area contributed by atoms with E-state index in [9.17, 15) is 0 Å². The maximum atomic E-state index is 4.11. The summed E-state index contributed by atoms with van der Waals surface area (Å²) in [7, 11) is -0.422. The van der Waals surface area contributed by atoms with Gasteiger partial charge in [0.15, 0.2) is 0 Å². The van der Waals surface area contributed by atoms with Crippen LogP contribution in [0.2, 0.25) is 0 Å². The Hall–Kier alpha value is -0.950. The van der Waals surface area contributed by atoms with Crippen molar-refractivity contribution in [2.75, 3.05) is 6.16 Å². The first-order chi connectivity index (χ1) is 12.2. The van der Waals surface area contributed by atoms with Gasteiger partial charge in [-0.25, -0.2) is 0 Å². The molecule has 0 amide bonds. The van der Waals surface area contributed by atoms with Crippen LogP contribution in [0.5, 0.6) is 0 Å². The van der Waals surface area contributed by atoms with Crippen LogP contribution in [-0.2, 0) is 5.16 Å². The Balaban J connectivity index is 2.03. The van der Waals surface area contributed by atoms with E-state index < -0.39 is 7.92 Å². The van der Waals surface area contributed by atoms with Crippen molar-refractivity contribution in [1.29, 1.82) is 0 Å². The molecule has 0 aromatic heterocycles. The lowest BCUT2D eigenvalue weighted by Gasteiger charge is -2.44. The van der Waals surface area contributed by atoms with Gasteiger partial charge in [-0.1, -0.05) is 131 Å². The van der Waals surface area contributed by atoms with Crippen LogP contribution in [0.4, 0.5) is 0 Å². The minimum Gasteiger partial charge on any atom is -0.0709 e. The molecule has 3 aromatic carbocycles. The quantitative estimate of drug-likeness (QED) is 0.296. The molecule has 25 heavy (non-hydrogen) atoms. The Kier molecular flexibility index (Phi) is 4.88. The number of hydrogen-bond acceptors (Lipinski definition) is 0. The fraction of sp³-hybridized carbons (Fsp3) is 0.182. The third kappa shape index (κ3) is 2.83. The zero-order valence-electron chi connectivity index (χ0n) is 13.8. The van der Waals surface area contributed by atoms with Crippen LogP contribution < -0.4 is 5.30 Å². The van der Waals surface area contributed by atoms with Gasteiger partial charge in [-0.3, -0.25) is 0 Å². The van der Waals surface area contributed by atoms with Crippen molar-refractivity contribution in [2.45, 2.75) is 14.8 Å². The van der Waals surface area contributed by atoms with E-state index in [1.165, 1.54) is 22.6 Å². The molecule has 1 unspecified atom stereocenters. The van der Waals surface area contributed by atoms with Gasteiger partial charge in [-0.15, -0.1) is 0 Å². The maximum Gasteiger partial charge on any atom is 0.0987 e. The summed E-state index contributed by atoms with van der Waals surface area (Å²) in [4.78, 5) is 0. The largest absolute Gasteiger partial charge is 0.0987 e. The molecule has 1 atom stereocenters. The summed E-state index contributed by atoms with van der Waals surface area (Å²) in [6, 6.07) is 33.0. The van der Waals surface area contributed by atoms with Gasteiger partial charge in [0.1, 0.15) is 0 Å². The molecule has 0 N–H and O–H groups in total. The van der Waals surface area contributed by atoms with Gasteiger partial charge in [-0.05, 0) is 29.0 Å². The van der Waals surface area contributed by atoms with Gasteiger partial charge in [0.2, 0.25) is 0 Å². The number of halogens is 2. The third-order valence-corrected chi connectivity index (χ3v) is 10.9. The molecule has 1 aliphatic heterocycles. The van der Waals surface area contributed by atoms with Gasteiger partial charge in [0.05, 0.1) is 8.39 Å². The standard InChI is InChI=1S/C22H19Br2P/c23-21(24)16-17-25(20-14-8-3-9-15-20)22(21,18-10-4-1-5-11-18)19-12-6-2-7-13-19/h1-15H,16-17H2. The van der Waals surface area contributed by atoms with Crippen LogP contribution in [0.25, 0.3) is 0 Å². The first-order valence-electron chi connectivity index (χ1n) is 8.48. The molecule has 0 aliphatic carbocycles. The second-order valence-electron chi connectivity index (χ2n) is 6.38. The normalized spacial score (nSPS) is 21.1. The first-order valence-corrected chi connectivity index (χ1v) is 11.6. The van der Waals surface area contributed by atoms with Crippen LogP contribution in [-0.4, -0.2) is 9.40 Å². The number of hydrogen-bond donors (Lipinski definition) is 0. The molecule has 1 heterocycles. The lowest BCUT2D eigenvalue weighted by molar-refractivity contribution is 0.676. The molecule has 126 valence electrons. The van der Waals surface area contributed by atoms with Crippen molar-refractivity contribution in [2.24, 2.45) is 0 Å². The highest BCUT2D eigenvalue weighted by Crippen LogP contribution is 2.74. The Labute approximate surface area is 167 Å². The van der Waals surface area contributed by atoms with Crippen LogP contribution in [0.3, 0.4) is 0 Å². The summed E-state index contributed by atoms with van der Waals surface area (Å²) >= 11 is 8.22. The van der Waals surface area contributed by atoms with Crippen molar-refractivity contribution in [1.82, 2.24) is 0 Å². The van der Waals surface area contributed by atoms with Gasteiger partial charge >= 0.3 is 0 Å². The molecule has 1 aliphatic rings. The smallest absolute Gasteiger partial charge is 0.0709 e. The highest BCUT2D eigenvalue weighted by Gasteiger charge is 2.60. The van der Waals surface area contributed by atoms with E-state index in [-0.39, 0.29) is 8.39 Å². The van der Waals surface area contributed by atoms with Crippen molar-refractivity contribution in [3.05, 3.63) is 102 Å². The highest BCUT2D eigenvalue weighted by molar-refractivity contribution is 9.25. The van der Waals surface area contributed by atoms with E-state index >= 15 is 0 Å². The summed E-state index contributed by atoms with van der Waals surface area (Å²) in [5.74, 6) is 0. The molecule has 4 rings (SSSR count). The predicted molar refractivity (Wildman–Crippen MR) is 117 cm³/mol. The highest BCUT2D eigenvalue weighted by atomic mass is 79.9. The lowest BCUT2D eigenvalue weighted by atomic mass is 9.86. The molecule has 1 fully saturated rings. The molecule has 0 spiro atoms. The molecule has 3 aromatic rings. The van der Waals surface area contributed by atoms with E-state index in [1.807, 2.05) is 0 Å². The summed E-state index contributed by atoms with van der Waals surface area (Å²) in [5.41, 5.74) is 2.75. The predicted octanol–water partition coefficient (Wildman–Crippen LogP) is 6.63. The number of rotatable bonds is 3. The average Bonchev–Trinajstić information content (AvgIpc) is 2.95. The van der Waals surface area contributed by atoms with E-state index in [0.29, 0.717) is 0 Å². The molecule has 3 heteroatoms. The van der Waals surface area contributed by atoms with E-state index in [2.05, 4.69) is 123 Å². The Morgan fingerprint density at radius 3 is 1.56 bits per heavy atom. The van der Waals surface area contributed by atoms with Gasteiger partial charge in [-0.2, -0.15) is 0 Å². The van der Waals surface area contributed by atoms with Gasteiger partial charge in [0.25, 0.3) is 0 Å². The summed E-state index contributed by atoms with van der Waals surface area (Å²) in [6.07, 6.45) is 2.29. The van der Waals surface area contributed by atoms with Gasteiger partial charge < -0.3 is 0 Å². The summed E-state index contributed by atoms with van der Waals surface area (Å²) in [6.45, 7) is 0. The van der Waals surface area contributed by atoms with Crippen molar-refractivity contribution in [3.8, 4) is 0 Å². The minimum absolute atomic E-state index is 0.105. The van der Waals surface area contributed by atoms with E-state index in [4.69, 9.17) is 0 Å². The molecular weight excluding hydrogens is 455 g/mol. The monoisotopic (exact) mass is 472 g/mol. The molecular formula is C22H19Br2P. The Bertz CT molecular complexity index is 792. The number of alkyl halides is 2. The summed E-state index contributed by atoms with van der Waals surface area (Å²) < 4.78 is -0.156. The van der Waals surface area contributed by atoms with E-state index in [0.717, 1.165) is 6.42 Å². The molecule has 0 saturated carbocycles. The Morgan fingerprint density at radius 1 is 0.640 bits per heavy atom. The van der Waals surface area contributed by atoms with Crippen LogP contribution in [0, 0.1) is 0 Å². The fourth-order valence-corrected chi connectivity index (χ4v) is 10.7. The van der Waals surface area contributed by atoms with Crippen LogP contribution >= 0.6 is 39.8 Å². The number of benzene rings is 3. The average molecular weight is 474 g/mol. The van der Waals surface area contributed by atoms with Crippen LogP contribution in [0.15, 0.2) is 91.0 Å². The van der Waals surface area contributed by atoms with Crippen LogP contribution in [0.1, 0.15) is 17.5 Å². The maximum absolute atomic E-state index is 4.11. The zero-order valence-corrected chi connectivity index (χ0v) is 17.8. The van der Waals surface area contributed by atoms with Crippen molar-refractivity contribution >= 4 is 45.1 Å². The molecule has 1 saturated heterocycles. The SMILES string of the molecule is BrC1(Br)CCP(c2ccccc2)C1(c1ccccc1)c1ccccc1. The van der Waals surface area contributed by atoms with Crippen molar-refractivity contribution in [3.63, 3.8) is 0 Å². The molecule has 0 radical (unpaired) electrons. The molecule has 0 nitrogen and oxygen atoms in total. The van der Waals surface area contributed by atoms with Gasteiger partial charge in [0, 0.05) is 0 Å². The van der Waals surface area contributed by atoms with E-state index in [1.54, 1.807) is 0 Å². The summed E-state index contributed by atoms with van der Waals surface area (Å²) in [5, 5.41) is 1.36.